The van der Waals surface area contributed by atoms with E-state index in [1.165, 1.54) is 0 Å². The maximum absolute atomic E-state index is 11.8. The largest absolute Gasteiger partial charge is 0.480 e. The average Bonchev–Trinajstić information content (AvgIpc) is 3.04. The van der Waals surface area contributed by atoms with Gasteiger partial charge in [-0.3, -0.25) is 9.59 Å². The lowest BCUT2D eigenvalue weighted by Crippen LogP contribution is -2.31. The lowest BCUT2D eigenvalue weighted by molar-refractivity contribution is -0.147. The van der Waals surface area contributed by atoms with Crippen LogP contribution < -0.4 is 5.32 Å². The molecule has 0 atom stereocenters. The molecule has 0 radical (unpaired) electrons. The molecule has 1 aromatic rings. The van der Waals surface area contributed by atoms with Crippen LogP contribution in [-0.2, 0) is 9.59 Å². The number of anilines is 1. The zero-order chi connectivity index (χ0) is 12.6. The zero-order valence-electron chi connectivity index (χ0n) is 8.67. The highest BCUT2D eigenvalue weighted by Crippen LogP contribution is 2.46. The highest BCUT2D eigenvalue weighted by atomic mass is 79.9. The van der Waals surface area contributed by atoms with Crippen molar-refractivity contribution in [1.29, 1.82) is 0 Å². The van der Waals surface area contributed by atoms with Gasteiger partial charge in [-0.1, -0.05) is 11.6 Å². The van der Waals surface area contributed by atoms with Gasteiger partial charge in [0.2, 0.25) is 5.91 Å². The van der Waals surface area contributed by atoms with E-state index in [4.69, 9.17) is 16.7 Å². The number of carboxylic acids is 1. The van der Waals surface area contributed by atoms with E-state index >= 15 is 0 Å². The average molecular weight is 319 g/mol. The fourth-order valence-corrected chi connectivity index (χ4v) is 1.91. The smallest absolute Gasteiger partial charge is 0.319 e. The SMILES string of the molecule is O=C(O)C1(C(=O)Nc2ccc(Br)c(Cl)c2)CC1. The van der Waals surface area contributed by atoms with Crippen molar-refractivity contribution in [2.45, 2.75) is 12.8 Å². The number of carbonyl (C=O) groups is 2. The van der Waals surface area contributed by atoms with Crippen molar-refractivity contribution in [1.82, 2.24) is 0 Å². The first kappa shape index (κ1) is 12.4. The fraction of sp³-hybridized carbons (Fsp3) is 0.273. The van der Waals surface area contributed by atoms with Crippen molar-refractivity contribution in [2.24, 2.45) is 5.41 Å². The summed E-state index contributed by atoms with van der Waals surface area (Å²) in [6, 6.07) is 4.92. The Morgan fingerprint density at radius 2 is 2.06 bits per heavy atom. The summed E-state index contributed by atoms with van der Waals surface area (Å²) < 4.78 is 0.719. The Bertz CT molecular complexity index is 499. The summed E-state index contributed by atoms with van der Waals surface area (Å²) >= 11 is 9.11. The maximum Gasteiger partial charge on any atom is 0.319 e. The van der Waals surface area contributed by atoms with Crippen LogP contribution in [0, 0.1) is 5.41 Å². The standard InChI is InChI=1S/C11H9BrClNO3/c12-7-2-1-6(5-8(7)13)14-9(15)11(3-4-11)10(16)17/h1-2,5H,3-4H2,(H,14,15)(H,16,17). The third-order valence-electron chi connectivity index (χ3n) is 2.77. The number of carbonyl (C=O) groups excluding carboxylic acids is 1. The molecule has 1 aliphatic carbocycles. The van der Waals surface area contributed by atoms with Crippen LogP contribution in [0.1, 0.15) is 12.8 Å². The minimum absolute atomic E-state index is 0.387. The highest BCUT2D eigenvalue weighted by molar-refractivity contribution is 9.10. The number of nitrogens with one attached hydrogen (secondary N) is 1. The van der Waals surface area contributed by atoms with Gasteiger partial charge in [0.15, 0.2) is 0 Å². The second-order valence-electron chi connectivity index (χ2n) is 3.97. The number of hydrogen-bond acceptors (Lipinski definition) is 2. The van der Waals surface area contributed by atoms with E-state index in [2.05, 4.69) is 21.2 Å². The summed E-state index contributed by atoms with van der Waals surface area (Å²) in [6.45, 7) is 0. The van der Waals surface area contributed by atoms with Crippen molar-refractivity contribution in [3.8, 4) is 0 Å². The predicted octanol–water partition coefficient (Wildman–Crippen LogP) is 2.91. The molecule has 4 nitrogen and oxygen atoms in total. The molecular formula is C11H9BrClNO3. The highest BCUT2D eigenvalue weighted by Gasteiger charge is 2.57. The summed E-state index contributed by atoms with van der Waals surface area (Å²) in [5, 5.41) is 12.0. The minimum Gasteiger partial charge on any atom is -0.480 e. The molecule has 1 amide bonds. The second kappa shape index (κ2) is 4.31. The number of halogens is 2. The minimum atomic E-state index is -1.24. The van der Waals surface area contributed by atoms with E-state index in [0.29, 0.717) is 23.6 Å². The van der Waals surface area contributed by atoms with Crippen LogP contribution in [0.25, 0.3) is 0 Å². The summed E-state index contributed by atoms with van der Waals surface area (Å²) in [4.78, 5) is 22.7. The number of carboxylic acid groups (broad SMARTS) is 1. The fourth-order valence-electron chi connectivity index (χ4n) is 1.49. The third kappa shape index (κ3) is 2.30. The number of benzene rings is 1. The van der Waals surface area contributed by atoms with E-state index < -0.39 is 17.3 Å². The van der Waals surface area contributed by atoms with Gasteiger partial charge in [0, 0.05) is 10.2 Å². The van der Waals surface area contributed by atoms with Crippen LogP contribution in [0.4, 0.5) is 5.69 Å². The first-order valence-corrected chi connectivity index (χ1v) is 6.13. The molecule has 0 heterocycles. The molecule has 1 saturated carbocycles. The molecule has 1 aromatic carbocycles. The molecule has 17 heavy (non-hydrogen) atoms. The normalized spacial score (nSPS) is 16.4. The Morgan fingerprint density at radius 3 is 2.53 bits per heavy atom. The quantitative estimate of drug-likeness (QED) is 0.842. The molecular weight excluding hydrogens is 309 g/mol. The molecule has 0 saturated heterocycles. The number of aliphatic carboxylic acids is 1. The number of amides is 1. The van der Waals surface area contributed by atoms with Gasteiger partial charge in [0.05, 0.1) is 5.02 Å². The van der Waals surface area contributed by atoms with Gasteiger partial charge in [-0.2, -0.15) is 0 Å². The van der Waals surface area contributed by atoms with Crippen LogP contribution in [0.5, 0.6) is 0 Å². The second-order valence-corrected chi connectivity index (χ2v) is 5.23. The van der Waals surface area contributed by atoms with Gasteiger partial charge in [-0.25, -0.2) is 0 Å². The van der Waals surface area contributed by atoms with Crippen LogP contribution in [0.15, 0.2) is 22.7 Å². The predicted molar refractivity (Wildman–Crippen MR) is 67.1 cm³/mol. The molecule has 90 valence electrons. The molecule has 0 bridgehead atoms. The van der Waals surface area contributed by atoms with E-state index in [0.717, 1.165) is 4.47 Å². The van der Waals surface area contributed by atoms with Gasteiger partial charge in [0.25, 0.3) is 0 Å². The van der Waals surface area contributed by atoms with Crippen molar-refractivity contribution >= 4 is 45.1 Å². The topological polar surface area (TPSA) is 66.4 Å². The first-order valence-electron chi connectivity index (χ1n) is 4.95. The van der Waals surface area contributed by atoms with Gasteiger partial charge in [-0.15, -0.1) is 0 Å². The molecule has 1 fully saturated rings. The third-order valence-corrected chi connectivity index (χ3v) is 4.00. The lowest BCUT2D eigenvalue weighted by Gasteiger charge is -2.11. The van der Waals surface area contributed by atoms with Crippen molar-refractivity contribution in [3.63, 3.8) is 0 Å². The van der Waals surface area contributed by atoms with Crippen LogP contribution in [0.2, 0.25) is 5.02 Å². The molecule has 0 aliphatic heterocycles. The van der Waals surface area contributed by atoms with E-state index in [1.807, 2.05) is 0 Å². The molecule has 2 N–H and O–H groups in total. The Balaban J connectivity index is 2.14. The summed E-state index contributed by atoms with van der Waals surface area (Å²) in [6.07, 6.45) is 0.775. The van der Waals surface area contributed by atoms with Gasteiger partial charge < -0.3 is 10.4 Å². The summed E-state index contributed by atoms with van der Waals surface area (Å²) in [5.74, 6) is -1.55. The van der Waals surface area contributed by atoms with Gasteiger partial charge in [-0.05, 0) is 47.0 Å². The van der Waals surface area contributed by atoms with Crippen molar-refractivity contribution in [3.05, 3.63) is 27.7 Å². The Hall–Kier alpha value is -1.07. The van der Waals surface area contributed by atoms with Gasteiger partial charge >= 0.3 is 5.97 Å². The number of rotatable bonds is 3. The van der Waals surface area contributed by atoms with Crippen LogP contribution >= 0.6 is 27.5 Å². The Kier molecular flexibility index (Phi) is 3.14. The van der Waals surface area contributed by atoms with Crippen molar-refractivity contribution < 1.29 is 14.7 Å². The molecule has 1 aliphatic rings. The van der Waals surface area contributed by atoms with Gasteiger partial charge in [0.1, 0.15) is 5.41 Å². The molecule has 0 aromatic heterocycles. The molecule has 0 unspecified atom stereocenters. The monoisotopic (exact) mass is 317 g/mol. The first-order chi connectivity index (χ1) is 7.95. The van der Waals surface area contributed by atoms with E-state index in [1.54, 1.807) is 18.2 Å². The molecule has 0 spiro atoms. The zero-order valence-corrected chi connectivity index (χ0v) is 11.0. The lowest BCUT2D eigenvalue weighted by atomic mass is 10.1. The summed E-state index contributed by atoms with van der Waals surface area (Å²) in [5.41, 5.74) is -0.741. The van der Waals surface area contributed by atoms with Crippen LogP contribution in [-0.4, -0.2) is 17.0 Å². The van der Waals surface area contributed by atoms with Crippen molar-refractivity contribution in [2.75, 3.05) is 5.32 Å². The molecule has 2 rings (SSSR count). The Labute approximate surface area is 111 Å². The van der Waals surface area contributed by atoms with Crippen LogP contribution in [0.3, 0.4) is 0 Å². The number of hydrogen-bond donors (Lipinski definition) is 2. The van der Waals surface area contributed by atoms with E-state index in [9.17, 15) is 9.59 Å². The van der Waals surface area contributed by atoms with E-state index in [-0.39, 0.29) is 0 Å². The Morgan fingerprint density at radius 1 is 1.41 bits per heavy atom. The maximum atomic E-state index is 11.8. The molecule has 6 heteroatoms. The summed E-state index contributed by atoms with van der Waals surface area (Å²) in [7, 11) is 0.